The number of aryl methyl sites for hydroxylation is 2. The van der Waals surface area contributed by atoms with Gasteiger partial charge >= 0.3 is 6.03 Å². The fourth-order valence-corrected chi connectivity index (χ4v) is 1.74. The molecule has 0 aliphatic rings. The molecule has 0 radical (unpaired) electrons. The van der Waals surface area contributed by atoms with Crippen molar-refractivity contribution in [2.24, 2.45) is 4.99 Å². The van der Waals surface area contributed by atoms with Gasteiger partial charge in [0.15, 0.2) is 0 Å². The van der Waals surface area contributed by atoms with Crippen LogP contribution in [0.5, 0.6) is 0 Å². The number of halogens is 1. The first-order valence-corrected chi connectivity index (χ1v) is 5.96. The standard InChI is InChI=1S/C14H14FN3O2/c1-9-7-13(8-10(2)18(9)20)17-14(19)16-12-5-3-11(15)4-6-12/h3-8,20H,1-2H3,(H,16,19). The summed E-state index contributed by atoms with van der Waals surface area (Å²) in [6, 6.07) is 8.00. The van der Waals surface area contributed by atoms with Crippen molar-refractivity contribution in [3.63, 3.8) is 0 Å². The summed E-state index contributed by atoms with van der Waals surface area (Å²) in [6.45, 7) is 3.40. The summed E-state index contributed by atoms with van der Waals surface area (Å²) in [5.74, 6) is -0.373. The Morgan fingerprint density at radius 2 is 1.75 bits per heavy atom. The van der Waals surface area contributed by atoms with Crippen molar-refractivity contribution in [3.8, 4) is 0 Å². The maximum atomic E-state index is 12.7. The monoisotopic (exact) mass is 275 g/mol. The van der Waals surface area contributed by atoms with Gasteiger partial charge in [0.1, 0.15) is 5.82 Å². The first-order valence-electron chi connectivity index (χ1n) is 5.96. The Morgan fingerprint density at radius 1 is 1.20 bits per heavy atom. The first kappa shape index (κ1) is 13.8. The molecule has 0 bridgehead atoms. The van der Waals surface area contributed by atoms with Crippen LogP contribution in [0, 0.1) is 19.7 Å². The van der Waals surface area contributed by atoms with Crippen LogP contribution < -0.4 is 10.7 Å². The molecule has 1 aromatic heterocycles. The molecule has 1 aromatic carbocycles. The van der Waals surface area contributed by atoms with E-state index in [9.17, 15) is 14.4 Å². The quantitative estimate of drug-likeness (QED) is 0.786. The number of carbonyl (C=O) groups is 1. The van der Waals surface area contributed by atoms with Gasteiger partial charge in [-0.15, -0.1) is 0 Å². The minimum absolute atomic E-state index is 0.373. The Kier molecular flexibility index (Phi) is 3.84. The zero-order valence-electron chi connectivity index (χ0n) is 11.1. The summed E-state index contributed by atoms with van der Waals surface area (Å²) in [5, 5.41) is 12.5. The topological polar surface area (TPSA) is 66.6 Å². The highest BCUT2D eigenvalue weighted by atomic mass is 19.1. The van der Waals surface area contributed by atoms with Crippen LogP contribution >= 0.6 is 0 Å². The Labute approximate surface area is 115 Å². The zero-order valence-corrected chi connectivity index (χ0v) is 11.1. The number of pyridine rings is 1. The first-order chi connectivity index (χ1) is 9.45. The number of aromatic nitrogens is 1. The van der Waals surface area contributed by atoms with Crippen LogP contribution in [0.25, 0.3) is 0 Å². The molecule has 6 heteroatoms. The predicted molar refractivity (Wildman–Crippen MR) is 72.1 cm³/mol. The third-order valence-corrected chi connectivity index (χ3v) is 2.71. The molecule has 5 nitrogen and oxygen atoms in total. The van der Waals surface area contributed by atoms with E-state index >= 15 is 0 Å². The number of nitrogens with one attached hydrogen (secondary N) is 1. The molecule has 2 rings (SSSR count). The van der Waals surface area contributed by atoms with E-state index in [4.69, 9.17) is 0 Å². The average Bonchev–Trinajstić information content (AvgIpc) is 2.38. The lowest BCUT2D eigenvalue weighted by Gasteiger charge is -2.06. The van der Waals surface area contributed by atoms with Gasteiger partial charge in [-0.2, -0.15) is 9.72 Å². The number of hydrogen-bond acceptors (Lipinski definition) is 2. The third kappa shape index (κ3) is 3.23. The SMILES string of the molecule is Cc1cc(=NC(=O)Nc2ccc(F)cc2)cc(C)n1O. The van der Waals surface area contributed by atoms with E-state index in [2.05, 4.69) is 10.3 Å². The van der Waals surface area contributed by atoms with Gasteiger partial charge < -0.3 is 10.5 Å². The van der Waals surface area contributed by atoms with Crippen LogP contribution in [0.3, 0.4) is 0 Å². The molecule has 1 heterocycles. The fourth-order valence-electron chi connectivity index (χ4n) is 1.74. The number of hydrogen-bond donors (Lipinski definition) is 2. The molecular formula is C14H14FN3O2. The lowest BCUT2D eigenvalue weighted by atomic mass is 10.3. The maximum absolute atomic E-state index is 12.7. The van der Waals surface area contributed by atoms with Gasteiger partial charge in [-0.1, -0.05) is 0 Å². The highest BCUT2D eigenvalue weighted by Gasteiger charge is 2.02. The second-order valence-electron chi connectivity index (χ2n) is 4.36. The molecule has 0 atom stereocenters. The molecule has 2 N–H and O–H groups in total. The van der Waals surface area contributed by atoms with Crippen molar-refractivity contribution >= 4 is 11.7 Å². The van der Waals surface area contributed by atoms with Gasteiger partial charge in [-0.05, 0) is 50.2 Å². The smallest absolute Gasteiger partial charge is 0.345 e. The van der Waals surface area contributed by atoms with Gasteiger partial charge in [-0.25, -0.2) is 9.18 Å². The lowest BCUT2D eigenvalue weighted by Crippen LogP contribution is -2.16. The fraction of sp³-hybridized carbons (Fsp3) is 0.143. The number of anilines is 1. The molecule has 104 valence electrons. The van der Waals surface area contributed by atoms with E-state index in [0.29, 0.717) is 22.4 Å². The third-order valence-electron chi connectivity index (χ3n) is 2.71. The zero-order chi connectivity index (χ0) is 14.7. The van der Waals surface area contributed by atoms with Crippen molar-refractivity contribution in [2.45, 2.75) is 13.8 Å². The minimum Gasteiger partial charge on any atom is -0.428 e. The van der Waals surface area contributed by atoms with Gasteiger partial charge in [0.2, 0.25) is 0 Å². The Morgan fingerprint density at radius 3 is 2.30 bits per heavy atom. The van der Waals surface area contributed by atoms with Crippen LogP contribution in [-0.2, 0) is 0 Å². The van der Waals surface area contributed by atoms with Crippen LogP contribution in [-0.4, -0.2) is 16.0 Å². The summed E-state index contributed by atoms with van der Waals surface area (Å²) in [5.41, 5.74) is 1.60. The number of rotatable bonds is 1. The van der Waals surface area contributed by atoms with Crippen molar-refractivity contribution in [1.82, 2.24) is 4.73 Å². The second kappa shape index (κ2) is 5.56. The van der Waals surface area contributed by atoms with Crippen molar-refractivity contribution < 1.29 is 14.4 Å². The normalized spacial score (nSPS) is 10.2. The lowest BCUT2D eigenvalue weighted by molar-refractivity contribution is 0.170. The van der Waals surface area contributed by atoms with E-state index in [-0.39, 0.29) is 5.82 Å². The van der Waals surface area contributed by atoms with Crippen LogP contribution in [0.4, 0.5) is 14.9 Å². The summed E-state index contributed by atoms with van der Waals surface area (Å²) >= 11 is 0. The van der Waals surface area contributed by atoms with Crippen LogP contribution in [0.2, 0.25) is 0 Å². The molecular weight excluding hydrogens is 261 g/mol. The van der Waals surface area contributed by atoms with Gasteiger partial charge in [0, 0.05) is 5.69 Å². The van der Waals surface area contributed by atoms with E-state index in [1.54, 1.807) is 26.0 Å². The van der Waals surface area contributed by atoms with Gasteiger partial charge in [0.25, 0.3) is 0 Å². The van der Waals surface area contributed by atoms with E-state index in [1.165, 1.54) is 24.3 Å². The molecule has 2 aromatic rings. The highest BCUT2D eigenvalue weighted by molar-refractivity contribution is 5.89. The molecule has 20 heavy (non-hydrogen) atoms. The van der Waals surface area contributed by atoms with Crippen LogP contribution in [0.15, 0.2) is 41.4 Å². The predicted octanol–water partition coefficient (Wildman–Crippen LogP) is 2.61. The van der Waals surface area contributed by atoms with E-state index < -0.39 is 6.03 Å². The Balaban J connectivity index is 2.22. The summed E-state index contributed by atoms with van der Waals surface area (Å²) in [7, 11) is 0. The van der Waals surface area contributed by atoms with Gasteiger partial charge in [0.05, 0.1) is 16.7 Å². The number of nitrogens with zero attached hydrogens (tertiary/aromatic N) is 2. The minimum atomic E-state index is -0.564. The summed E-state index contributed by atoms with van der Waals surface area (Å²) in [6.07, 6.45) is 0. The van der Waals surface area contributed by atoms with E-state index in [0.717, 1.165) is 4.73 Å². The molecule has 0 aliphatic heterocycles. The summed E-state index contributed by atoms with van der Waals surface area (Å²) < 4.78 is 13.7. The second-order valence-corrected chi connectivity index (χ2v) is 4.36. The maximum Gasteiger partial charge on any atom is 0.345 e. The highest BCUT2D eigenvalue weighted by Crippen LogP contribution is 2.08. The number of carbonyl (C=O) groups excluding carboxylic acids is 1. The average molecular weight is 275 g/mol. The van der Waals surface area contributed by atoms with Crippen molar-refractivity contribution in [3.05, 3.63) is 59.0 Å². The Hall–Kier alpha value is -2.63. The Bertz CT molecular complexity index is 679. The molecule has 0 fully saturated rings. The largest absolute Gasteiger partial charge is 0.428 e. The molecule has 0 spiro atoms. The molecule has 0 saturated carbocycles. The number of amides is 2. The molecule has 0 aliphatic carbocycles. The number of urea groups is 1. The van der Waals surface area contributed by atoms with Crippen LogP contribution in [0.1, 0.15) is 11.4 Å². The van der Waals surface area contributed by atoms with Gasteiger partial charge in [-0.3, -0.25) is 0 Å². The molecule has 0 unspecified atom stereocenters. The van der Waals surface area contributed by atoms with Crippen molar-refractivity contribution in [2.75, 3.05) is 5.32 Å². The molecule has 0 saturated heterocycles. The van der Waals surface area contributed by atoms with E-state index in [1.807, 2.05) is 0 Å². The number of benzene rings is 1. The summed E-state index contributed by atoms with van der Waals surface area (Å²) in [4.78, 5) is 15.6. The van der Waals surface area contributed by atoms with Crippen molar-refractivity contribution in [1.29, 1.82) is 0 Å². The molecule has 2 amide bonds.